The molecule has 0 fully saturated rings. The van der Waals surface area contributed by atoms with Crippen LogP contribution in [0.5, 0.6) is 5.75 Å². The first kappa shape index (κ1) is 11.4. The minimum absolute atomic E-state index is 0.0671. The number of carbonyl (C=O) groups is 1. The molecule has 1 atom stereocenters. The number of hydrogen-bond acceptors (Lipinski definition) is 5. The van der Waals surface area contributed by atoms with E-state index in [2.05, 4.69) is 4.98 Å². The molecule has 82 valence electrons. The van der Waals surface area contributed by atoms with E-state index in [1.165, 1.54) is 18.3 Å². The highest BCUT2D eigenvalue weighted by molar-refractivity contribution is 5.88. The fourth-order valence-electron chi connectivity index (χ4n) is 0.906. The van der Waals surface area contributed by atoms with Gasteiger partial charge in [0.25, 0.3) is 0 Å². The molecule has 0 aliphatic rings. The first-order valence-electron chi connectivity index (χ1n) is 4.25. The lowest BCUT2D eigenvalue weighted by molar-refractivity contribution is 0.0516. The molecule has 0 spiro atoms. The molecule has 0 radical (unpaired) electrons. The van der Waals surface area contributed by atoms with Crippen LogP contribution in [0, 0.1) is 0 Å². The second kappa shape index (κ2) is 5.28. The van der Waals surface area contributed by atoms with E-state index in [0.717, 1.165) is 0 Å². The average molecular weight is 213 g/mol. The van der Waals surface area contributed by atoms with Gasteiger partial charge in [0, 0.05) is 6.20 Å². The zero-order chi connectivity index (χ0) is 11.3. The number of aromatic carboxylic acids is 1. The average Bonchev–Trinajstić information content (AvgIpc) is 2.26. The molecule has 1 rings (SSSR count). The summed E-state index contributed by atoms with van der Waals surface area (Å²) in [5.41, 5.74) is -0.220. The largest absolute Gasteiger partial charge is 0.488 e. The third-order valence-corrected chi connectivity index (χ3v) is 1.62. The summed E-state index contributed by atoms with van der Waals surface area (Å²) in [7, 11) is 0. The number of aromatic nitrogens is 1. The van der Waals surface area contributed by atoms with Gasteiger partial charge in [0.15, 0.2) is 11.4 Å². The van der Waals surface area contributed by atoms with Crippen molar-refractivity contribution in [2.24, 2.45) is 0 Å². The molecule has 0 bridgehead atoms. The summed E-state index contributed by atoms with van der Waals surface area (Å²) < 4.78 is 5.00. The van der Waals surface area contributed by atoms with Gasteiger partial charge in [-0.05, 0) is 12.1 Å². The molecule has 6 nitrogen and oxygen atoms in total. The Labute approximate surface area is 85.8 Å². The molecule has 0 saturated carbocycles. The van der Waals surface area contributed by atoms with Crippen molar-refractivity contribution in [2.45, 2.75) is 6.10 Å². The monoisotopic (exact) mass is 213 g/mol. The van der Waals surface area contributed by atoms with Crippen LogP contribution in [-0.2, 0) is 0 Å². The van der Waals surface area contributed by atoms with Gasteiger partial charge in [0.05, 0.1) is 6.61 Å². The van der Waals surface area contributed by atoms with Crippen LogP contribution >= 0.6 is 0 Å². The maximum Gasteiger partial charge on any atom is 0.358 e. The molecule has 1 aromatic rings. The Balaban J connectivity index is 2.72. The lowest BCUT2D eigenvalue weighted by atomic mass is 10.3. The standard InChI is InChI=1S/C9H11NO5/c11-4-6(12)5-15-7-2-1-3-10-8(7)9(13)14/h1-3,6,11-12H,4-5H2,(H,13,14). The van der Waals surface area contributed by atoms with Crippen molar-refractivity contribution in [3.05, 3.63) is 24.0 Å². The zero-order valence-electron chi connectivity index (χ0n) is 7.83. The van der Waals surface area contributed by atoms with Crippen LogP contribution in [0.15, 0.2) is 18.3 Å². The number of aliphatic hydroxyl groups is 2. The predicted octanol–water partition coefficient (Wildman–Crippen LogP) is -0.488. The van der Waals surface area contributed by atoms with Crippen LogP contribution in [-0.4, -0.2) is 45.6 Å². The highest BCUT2D eigenvalue weighted by Gasteiger charge is 2.13. The summed E-state index contributed by atoms with van der Waals surface area (Å²) >= 11 is 0. The molecule has 1 heterocycles. The van der Waals surface area contributed by atoms with E-state index in [1.54, 1.807) is 0 Å². The van der Waals surface area contributed by atoms with Gasteiger partial charge in [-0.2, -0.15) is 0 Å². The summed E-state index contributed by atoms with van der Waals surface area (Å²) in [5, 5.41) is 26.3. The minimum Gasteiger partial charge on any atom is -0.488 e. The number of hydrogen-bond donors (Lipinski definition) is 3. The Kier molecular flexibility index (Phi) is 4.02. The van der Waals surface area contributed by atoms with E-state index < -0.39 is 18.7 Å². The number of ether oxygens (including phenoxy) is 1. The summed E-state index contributed by atoms with van der Waals surface area (Å²) in [4.78, 5) is 14.3. The second-order valence-corrected chi connectivity index (χ2v) is 2.80. The lowest BCUT2D eigenvalue weighted by Gasteiger charge is -2.10. The first-order chi connectivity index (χ1) is 7.15. The topological polar surface area (TPSA) is 99.9 Å². The van der Waals surface area contributed by atoms with Crippen molar-refractivity contribution in [1.82, 2.24) is 4.98 Å². The zero-order valence-corrected chi connectivity index (χ0v) is 7.83. The summed E-state index contributed by atoms with van der Waals surface area (Å²) in [6.07, 6.45) is 0.297. The number of rotatable bonds is 5. The van der Waals surface area contributed by atoms with Gasteiger partial charge >= 0.3 is 5.97 Å². The Morgan fingerprint density at radius 2 is 2.33 bits per heavy atom. The Morgan fingerprint density at radius 3 is 2.93 bits per heavy atom. The molecule has 15 heavy (non-hydrogen) atoms. The molecule has 6 heteroatoms. The van der Waals surface area contributed by atoms with Crippen molar-refractivity contribution < 1.29 is 24.9 Å². The van der Waals surface area contributed by atoms with Gasteiger partial charge in [-0.1, -0.05) is 0 Å². The quantitative estimate of drug-likeness (QED) is 0.610. The van der Waals surface area contributed by atoms with E-state index in [-0.39, 0.29) is 18.1 Å². The molecule has 0 amide bonds. The van der Waals surface area contributed by atoms with Gasteiger partial charge in [-0.3, -0.25) is 0 Å². The van der Waals surface area contributed by atoms with Crippen LogP contribution in [0.1, 0.15) is 10.5 Å². The van der Waals surface area contributed by atoms with Crippen LogP contribution in [0.3, 0.4) is 0 Å². The van der Waals surface area contributed by atoms with E-state index in [4.69, 9.17) is 20.1 Å². The maximum absolute atomic E-state index is 10.7. The molecular formula is C9H11NO5. The van der Waals surface area contributed by atoms with Crippen molar-refractivity contribution in [3.63, 3.8) is 0 Å². The summed E-state index contributed by atoms with van der Waals surface area (Å²) in [5.74, 6) is -1.14. The molecule has 0 aliphatic heterocycles. The fourth-order valence-corrected chi connectivity index (χ4v) is 0.906. The van der Waals surface area contributed by atoms with Gasteiger partial charge < -0.3 is 20.1 Å². The van der Waals surface area contributed by atoms with E-state index in [0.29, 0.717) is 0 Å². The number of carboxylic acids is 1. The number of carboxylic acid groups (broad SMARTS) is 1. The van der Waals surface area contributed by atoms with Gasteiger partial charge in [0.2, 0.25) is 0 Å². The van der Waals surface area contributed by atoms with Crippen LogP contribution in [0.4, 0.5) is 0 Å². The molecule has 0 aromatic carbocycles. The smallest absolute Gasteiger partial charge is 0.358 e. The third kappa shape index (κ3) is 3.19. The fraction of sp³-hybridized carbons (Fsp3) is 0.333. The van der Waals surface area contributed by atoms with E-state index in [1.807, 2.05) is 0 Å². The van der Waals surface area contributed by atoms with Gasteiger partial charge in [-0.25, -0.2) is 9.78 Å². The van der Waals surface area contributed by atoms with Crippen molar-refractivity contribution in [3.8, 4) is 5.75 Å². The predicted molar refractivity (Wildman–Crippen MR) is 49.8 cm³/mol. The lowest BCUT2D eigenvalue weighted by Crippen LogP contribution is -2.22. The second-order valence-electron chi connectivity index (χ2n) is 2.80. The van der Waals surface area contributed by atoms with Crippen molar-refractivity contribution in [2.75, 3.05) is 13.2 Å². The molecular weight excluding hydrogens is 202 g/mol. The third-order valence-electron chi connectivity index (χ3n) is 1.62. The van der Waals surface area contributed by atoms with Crippen LogP contribution < -0.4 is 4.74 Å². The molecule has 3 N–H and O–H groups in total. The maximum atomic E-state index is 10.7. The van der Waals surface area contributed by atoms with Gasteiger partial charge in [-0.15, -0.1) is 0 Å². The van der Waals surface area contributed by atoms with Crippen molar-refractivity contribution >= 4 is 5.97 Å². The van der Waals surface area contributed by atoms with E-state index in [9.17, 15) is 4.79 Å². The van der Waals surface area contributed by atoms with Crippen LogP contribution in [0.2, 0.25) is 0 Å². The number of pyridine rings is 1. The summed E-state index contributed by atoms with van der Waals surface area (Å²) in [6.45, 7) is -0.620. The Hall–Kier alpha value is -1.66. The highest BCUT2D eigenvalue weighted by atomic mass is 16.5. The number of aliphatic hydroxyl groups excluding tert-OH is 2. The molecule has 1 aromatic heterocycles. The van der Waals surface area contributed by atoms with E-state index >= 15 is 0 Å². The minimum atomic E-state index is -1.20. The van der Waals surface area contributed by atoms with Crippen molar-refractivity contribution in [1.29, 1.82) is 0 Å². The Morgan fingerprint density at radius 1 is 1.60 bits per heavy atom. The molecule has 0 aliphatic carbocycles. The number of nitrogens with zero attached hydrogens (tertiary/aromatic N) is 1. The highest BCUT2D eigenvalue weighted by Crippen LogP contribution is 2.15. The van der Waals surface area contributed by atoms with Crippen LogP contribution in [0.25, 0.3) is 0 Å². The molecule has 1 unspecified atom stereocenters. The normalized spacial score (nSPS) is 12.1. The first-order valence-corrected chi connectivity index (χ1v) is 4.25. The SMILES string of the molecule is O=C(O)c1ncccc1OCC(O)CO. The Bertz CT molecular complexity index is 341. The summed E-state index contributed by atoms with van der Waals surface area (Å²) in [6, 6.07) is 2.95. The van der Waals surface area contributed by atoms with Gasteiger partial charge in [0.1, 0.15) is 12.7 Å². The molecule has 0 saturated heterocycles.